The number of ether oxygens (including phenoxy) is 1. The molecule has 2 aromatic rings. The third-order valence-electron chi connectivity index (χ3n) is 7.36. The molecule has 0 radical (unpaired) electrons. The van der Waals surface area contributed by atoms with Gasteiger partial charge in [0.1, 0.15) is 6.10 Å². The zero-order valence-corrected chi connectivity index (χ0v) is 18.4. The number of para-hydroxylation sites is 2. The fraction of sp³-hybridized carbons (Fsp3) is 0.385. The summed E-state index contributed by atoms with van der Waals surface area (Å²) in [5.41, 5.74) is 2.35. The average Bonchev–Trinajstić information content (AvgIpc) is 3.11. The highest BCUT2D eigenvalue weighted by atomic mass is 16.6. The molecule has 2 fully saturated rings. The molecule has 1 saturated carbocycles. The van der Waals surface area contributed by atoms with Crippen molar-refractivity contribution in [3.05, 3.63) is 82.4 Å². The molecule has 33 heavy (non-hydrogen) atoms. The Morgan fingerprint density at radius 1 is 1.03 bits per heavy atom. The van der Waals surface area contributed by atoms with Crippen LogP contribution in [-0.2, 0) is 14.3 Å². The Kier molecular flexibility index (Phi) is 5.48. The number of rotatable bonds is 4. The van der Waals surface area contributed by atoms with Crippen LogP contribution in [0.1, 0.15) is 26.2 Å². The number of carbonyl (C=O) groups is 2. The number of hydrogen-bond donors (Lipinski definition) is 0. The third kappa shape index (κ3) is 3.71. The summed E-state index contributed by atoms with van der Waals surface area (Å²) in [6.45, 7) is 1.85. The lowest BCUT2D eigenvalue weighted by molar-refractivity contribution is -0.524. The van der Waals surface area contributed by atoms with Gasteiger partial charge in [-0.25, -0.2) is 0 Å². The molecule has 0 N–H and O–H groups in total. The van der Waals surface area contributed by atoms with E-state index in [4.69, 9.17) is 4.74 Å². The van der Waals surface area contributed by atoms with Crippen LogP contribution in [0.3, 0.4) is 0 Å². The summed E-state index contributed by atoms with van der Waals surface area (Å²) in [4.78, 5) is 40.0. The molecule has 1 aliphatic heterocycles. The minimum atomic E-state index is -0.672. The van der Waals surface area contributed by atoms with Gasteiger partial charge in [0.25, 0.3) is 0 Å². The summed E-state index contributed by atoms with van der Waals surface area (Å²) in [5.74, 6) is -1.90. The Labute approximate surface area is 192 Å². The molecule has 170 valence electrons. The molecule has 1 unspecified atom stereocenters. The number of anilines is 2. The summed E-state index contributed by atoms with van der Waals surface area (Å²) in [6, 6.07) is 18.3. The Balaban J connectivity index is 1.59. The van der Waals surface area contributed by atoms with Crippen molar-refractivity contribution in [3.8, 4) is 0 Å². The number of amides is 1. The minimum absolute atomic E-state index is 0.0947. The zero-order chi connectivity index (χ0) is 23.1. The lowest BCUT2D eigenvalue weighted by Gasteiger charge is -2.43. The number of esters is 1. The fourth-order valence-electron chi connectivity index (χ4n) is 5.89. The average molecular weight is 447 g/mol. The molecule has 0 aromatic heterocycles. The Bertz CT molecular complexity index is 1060. The number of hydrogen-bond acceptors (Lipinski definition) is 5. The second-order valence-corrected chi connectivity index (χ2v) is 9.18. The van der Waals surface area contributed by atoms with Crippen molar-refractivity contribution in [2.75, 3.05) is 4.90 Å². The fourth-order valence-corrected chi connectivity index (χ4v) is 5.89. The summed E-state index contributed by atoms with van der Waals surface area (Å²) in [5, 5.41) is 11.5. The molecule has 2 aliphatic carbocycles. The second-order valence-electron chi connectivity index (χ2n) is 9.18. The first-order valence-corrected chi connectivity index (χ1v) is 11.4. The molecule has 7 nitrogen and oxygen atoms in total. The third-order valence-corrected chi connectivity index (χ3v) is 7.36. The standard InChI is InChI=1S/C26H26N2O5/c1-16-23-22(26(30)33-16)15-17-14-20(28(31)32)12-13-21(17)24(23)25(29)27(18-8-4-2-5-9-18)19-10-6-3-7-11-19/h2-11,15-16,20-24H,12-14H2,1H3/t16-,20-,21+,22?,23-,24+/m1/s1. The Hall–Kier alpha value is -3.48. The maximum Gasteiger partial charge on any atom is 0.313 e. The minimum Gasteiger partial charge on any atom is -0.462 e. The monoisotopic (exact) mass is 446 g/mol. The highest BCUT2D eigenvalue weighted by Crippen LogP contribution is 2.51. The normalized spacial score (nSPS) is 30.5. The summed E-state index contributed by atoms with van der Waals surface area (Å²) < 4.78 is 5.57. The number of fused-ring (bicyclic) bond motifs is 2. The van der Waals surface area contributed by atoms with Crippen LogP contribution in [0.25, 0.3) is 0 Å². The first kappa shape index (κ1) is 21.4. The SMILES string of the molecule is C[C@H]1OC(=O)C2C=C3C[C@H]([N+](=O)[O-])CC[C@@H]3[C@H](C(=O)N(c3ccccc3)c3ccccc3)[C@@H]21. The van der Waals surface area contributed by atoms with E-state index in [1.54, 1.807) is 4.90 Å². The van der Waals surface area contributed by atoms with E-state index < -0.39 is 24.0 Å². The van der Waals surface area contributed by atoms with Gasteiger partial charge in [-0.2, -0.15) is 0 Å². The zero-order valence-electron chi connectivity index (χ0n) is 18.4. The molecule has 1 saturated heterocycles. The van der Waals surface area contributed by atoms with Crippen LogP contribution in [-0.4, -0.2) is 28.9 Å². The van der Waals surface area contributed by atoms with Crippen molar-refractivity contribution >= 4 is 23.3 Å². The Morgan fingerprint density at radius 3 is 2.21 bits per heavy atom. The van der Waals surface area contributed by atoms with Gasteiger partial charge in [-0.05, 0) is 43.5 Å². The van der Waals surface area contributed by atoms with Gasteiger partial charge in [0.15, 0.2) is 0 Å². The number of benzene rings is 2. The van der Waals surface area contributed by atoms with E-state index in [2.05, 4.69) is 0 Å². The summed E-state index contributed by atoms with van der Waals surface area (Å²) in [7, 11) is 0. The molecular weight excluding hydrogens is 420 g/mol. The van der Waals surface area contributed by atoms with E-state index in [1.165, 1.54) is 0 Å². The summed E-state index contributed by atoms with van der Waals surface area (Å²) >= 11 is 0. The molecule has 6 atom stereocenters. The quantitative estimate of drug-likeness (QED) is 0.298. The van der Waals surface area contributed by atoms with Gasteiger partial charge in [-0.1, -0.05) is 48.0 Å². The van der Waals surface area contributed by atoms with Gasteiger partial charge in [0.05, 0.1) is 11.8 Å². The van der Waals surface area contributed by atoms with Crippen LogP contribution in [0, 0.1) is 33.8 Å². The molecule has 2 aromatic carbocycles. The smallest absolute Gasteiger partial charge is 0.313 e. The van der Waals surface area contributed by atoms with Gasteiger partial charge in [-0.3, -0.25) is 24.6 Å². The first-order chi connectivity index (χ1) is 16.0. The van der Waals surface area contributed by atoms with E-state index in [0.29, 0.717) is 12.8 Å². The van der Waals surface area contributed by atoms with E-state index >= 15 is 0 Å². The van der Waals surface area contributed by atoms with E-state index in [9.17, 15) is 19.7 Å². The van der Waals surface area contributed by atoms with Crippen molar-refractivity contribution in [2.45, 2.75) is 38.3 Å². The van der Waals surface area contributed by atoms with Crippen molar-refractivity contribution in [2.24, 2.45) is 23.7 Å². The van der Waals surface area contributed by atoms with E-state index in [0.717, 1.165) is 16.9 Å². The molecule has 7 heteroatoms. The van der Waals surface area contributed by atoms with Gasteiger partial charge >= 0.3 is 5.97 Å². The van der Waals surface area contributed by atoms with E-state index in [1.807, 2.05) is 73.7 Å². The number of nitrogens with zero attached hydrogens (tertiary/aromatic N) is 2. The first-order valence-electron chi connectivity index (χ1n) is 11.4. The van der Waals surface area contributed by atoms with Crippen LogP contribution in [0.5, 0.6) is 0 Å². The van der Waals surface area contributed by atoms with Crippen molar-refractivity contribution < 1.29 is 19.2 Å². The molecule has 1 amide bonds. The van der Waals surface area contributed by atoms with Crippen LogP contribution in [0.4, 0.5) is 11.4 Å². The predicted molar refractivity (Wildman–Crippen MR) is 122 cm³/mol. The number of carbonyl (C=O) groups excluding carboxylic acids is 2. The van der Waals surface area contributed by atoms with Gasteiger partial charge in [0, 0.05) is 35.1 Å². The van der Waals surface area contributed by atoms with Crippen molar-refractivity contribution in [1.29, 1.82) is 0 Å². The van der Waals surface area contributed by atoms with Crippen molar-refractivity contribution in [3.63, 3.8) is 0 Å². The lowest BCUT2D eigenvalue weighted by atomic mass is 9.61. The van der Waals surface area contributed by atoms with Crippen LogP contribution in [0.15, 0.2) is 72.3 Å². The number of nitro groups is 1. The number of cyclic esters (lactones) is 1. The van der Waals surface area contributed by atoms with Gasteiger partial charge in [0.2, 0.25) is 11.9 Å². The topological polar surface area (TPSA) is 89.7 Å². The summed E-state index contributed by atoms with van der Waals surface area (Å²) in [6.07, 6.45) is 2.74. The molecule has 0 bridgehead atoms. The van der Waals surface area contributed by atoms with Crippen LogP contribution in [0.2, 0.25) is 0 Å². The highest BCUT2D eigenvalue weighted by molar-refractivity contribution is 6.03. The maximum atomic E-state index is 14.4. The molecular formula is C26H26N2O5. The maximum absolute atomic E-state index is 14.4. The molecule has 5 rings (SSSR count). The van der Waals surface area contributed by atoms with Crippen LogP contribution >= 0.6 is 0 Å². The molecule has 0 spiro atoms. The van der Waals surface area contributed by atoms with E-state index in [-0.39, 0.29) is 35.1 Å². The highest BCUT2D eigenvalue weighted by Gasteiger charge is 2.56. The van der Waals surface area contributed by atoms with Gasteiger partial charge in [-0.15, -0.1) is 0 Å². The lowest BCUT2D eigenvalue weighted by Crippen LogP contribution is -2.48. The van der Waals surface area contributed by atoms with Crippen molar-refractivity contribution in [1.82, 2.24) is 0 Å². The largest absolute Gasteiger partial charge is 0.462 e. The second kappa shape index (κ2) is 8.46. The molecule has 1 heterocycles. The Morgan fingerprint density at radius 2 is 1.64 bits per heavy atom. The predicted octanol–water partition coefficient (Wildman–Crippen LogP) is 4.53. The van der Waals surface area contributed by atoms with Crippen LogP contribution < -0.4 is 4.90 Å². The van der Waals surface area contributed by atoms with Gasteiger partial charge < -0.3 is 4.74 Å². The molecule has 3 aliphatic rings.